The van der Waals surface area contributed by atoms with Crippen LogP contribution in [0.5, 0.6) is 0 Å². The number of aromatic nitrogens is 2. The van der Waals surface area contributed by atoms with Gasteiger partial charge in [0.2, 0.25) is 5.95 Å². The SMILES string of the molecule is O=C(NC1CCCc2ccccc21)N1CCN(c2ncccn2)CC1. The molecule has 1 N–H and O–H groups in total. The summed E-state index contributed by atoms with van der Waals surface area (Å²) in [5.74, 6) is 0.740. The first-order valence-electron chi connectivity index (χ1n) is 8.96. The topological polar surface area (TPSA) is 61.4 Å². The molecular weight excluding hydrogens is 314 g/mol. The van der Waals surface area contributed by atoms with Crippen molar-refractivity contribution in [1.29, 1.82) is 0 Å². The molecule has 2 amide bonds. The molecule has 130 valence electrons. The number of carbonyl (C=O) groups excluding carboxylic acids is 1. The highest BCUT2D eigenvalue weighted by atomic mass is 16.2. The number of benzene rings is 1. The highest BCUT2D eigenvalue weighted by Gasteiger charge is 2.26. The molecule has 2 heterocycles. The van der Waals surface area contributed by atoms with E-state index in [4.69, 9.17) is 0 Å². The second-order valence-electron chi connectivity index (χ2n) is 6.62. The standard InChI is InChI=1S/C19H23N5O/c25-19(22-17-8-3-6-15-5-1-2-7-16(15)17)24-13-11-23(12-14-24)18-20-9-4-10-21-18/h1-2,4-5,7,9-10,17H,3,6,8,11-14H2,(H,22,25). The van der Waals surface area contributed by atoms with Crippen molar-refractivity contribution in [3.05, 3.63) is 53.9 Å². The maximum absolute atomic E-state index is 12.7. The number of hydrogen-bond donors (Lipinski definition) is 1. The number of aryl methyl sites for hydroxylation is 1. The number of fused-ring (bicyclic) bond motifs is 1. The van der Waals surface area contributed by atoms with Gasteiger partial charge in [-0.3, -0.25) is 0 Å². The zero-order valence-electron chi connectivity index (χ0n) is 14.3. The minimum absolute atomic E-state index is 0.0373. The summed E-state index contributed by atoms with van der Waals surface area (Å²) < 4.78 is 0. The Labute approximate surface area is 147 Å². The molecule has 0 radical (unpaired) electrons. The number of urea groups is 1. The lowest BCUT2D eigenvalue weighted by Crippen LogP contribution is -2.52. The molecule has 2 aliphatic rings. The zero-order chi connectivity index (χ0) is 17.1. The van der Waals surface area contributed by atoms with Crippen molar-refractivity contribution in [2.75, 3.05) is 31.1 Å². The molecule has 0 spiro atoms. The smallest absolute Gasteiger partial charge is 0.318 e. The fraction of sp³-hybridized carbons (Fsp3) is 0.421. The Morgan fingerprint density at radius 2 is 1.80 bits per heavy atom. The molecule has 0 bridgehead atoms. The summed E-state index contributed by atoms with van der Waals surface area (Å²) in [5, 5.41) is 3.24. The van der Waals surface area contributed by atoms with Gasteiger partial charge in [0.1, 0.15) is 0 Å². The molecule has 6 nitrogen and oxygen atoms in total. The molecule has 1 aromatic heterocycles. The van der Waals surface area contributed by atoms with Crippen LogP contribution in [0.1, 0.15) is 30.0 Å². The number of nitrogens with one attached hydrogen (secondary N) is 1. The highest BCUT2D eigenvalue weighted by Crippen LogP contribution is 2.29. The predicted molar refractivity (Wildman–Crippen MR) is 96.5 cm³/mol. The van der Waals surface area contributed by atoms with E-state index in [1.807, 2.05) is 11.0 Å². The first-order valence-corrected chi connectivity index (χ1v) is 8.96. The maximum atomic E-state index is 12.7. The Morgan fingerprint density at radius 3 is 2.60 bits per heavy atom. The van der Waals surface area contributed by atoms with Gasteiger partial charge >= 0.3 is 6.03 Å². The maximum Gasteiger partial charge on any atom is 0.318 e. The van der Waals surface area contributed by atoms with Gasteiger partial charge in [-0.1, -0.05) is 24.3 Å². The van der Waals surface area contributed by atoms with E-state index in [0.717, 1.165) is 38.3 Å². The average molecular weight is 337 g/mol. The van der Waals surface area contributed by atoms with Gasteiger partial charge in [0.05, 0.1) is 6.04 Å². The lowest BCUT2D eigenvalue weighted by molar-refractivity contribution is 0.188. The first-order chi connectivity index (χ1) is 12.3. The summed E-state index contributed by atoms with van der Waals surface area (Å²) in [5.41, 5.74) is 2.64. The van der Waals surface area contributed by atoms with Crippen LogP contribution in [0.2, 0.25) is 0 Å². The average Bonchev–Trinajstić information content (AvgIpc) is 2.69. The number of piperazine rings is 1. The normalized spacial score (nSPS) is 20.1. The van der Waals surface area contributed by atoms with Crippen molar-refractivity contribution in [1.82, 2.24) is 20.2 Å². The quantitative estimate of drug-likeness (QED) is 0.914. The third kappa shape index (κ3) is 3.43. The number of anilines is 1. The highest BCUT2D eigenvalue weighted by molar-refractivity contribution is 5.75. The number of rotatable bonds is 2. The summed E-state index contributed by atoms with van der Waals surface area (Å²) >= 11 is 0. The third-order valence-electron chi connectivity index (χ3n) is 5.07. The Kier molecular flexibility index (Phi) is 4.50. The lowest BCUT2D eigenvalue weighted by atomic mass is 9.88. The Morgan fingerprint density at radius 1 is 1.04 bits per heavy atom. The van der Waals surface area contributed by atoms with Gasteiger partial charge in [-0.05, 0) is 36.5 Å². The number of nitrogens with zero attached hydrogens (tertiary/aromatic N) is 4. The molecular formula is C19H23N5O. The molecule has 1 saturated heterocycles. The summed E-state index contributed by atoms with van der Waals surface area (Å²) in [4.78, 5) is 25.3. The molecule has 6 heteroatoms. The van der Waals surface area contributed by atoms with E-state index < -0.39 is 0 Å². The van der Waals surface area contributed by atoms with Gasteiger partial charge in [-0.25, -0.2) is 14.8 Å². The Bertz CT molecular complexity index is 728. The van der Waals surface area contributed by atoms with Crippen molar-refractivity contribution < 1.29 is 4.79 Å². The molecule has 1 aromatic carbocycles. The largest absolute Gasteiger partial charge is 0.337 e. The molecule has 1 fully saturated rings. The van der Waals surface area contributed by atoms with E-state index in [0.29, 0.717) is 13.1 Å². The molecule has 1 aliphatic carbocycles. The van der Waals surface area contributed by atoms with Crippen molar-refractivity contribution >= 4 is 12.0 Å². The fourth-order valence-corrected chi connectivity index (χ4v) is 3.71. The van der Waals surface area contributed by atoms with E-state index in [1.54, 1.807) is 12.4 Å². The number of carbonyl (C=O) groups is 1. The Hall–Kier alpha value is -2.63. The van der Waals surface area contributed by atoms with Crippen LogP contribution in [-0.4, -0.2) is 47.1 Å². The van der Waals surface area contributed by atoms with Crippen molar-refractivity contribution in [3.8, 4) is 0 Å². The van der Waals surface area contributed by atoms with Gasteiger partial charge in [0, 0.05) is 38.6 Å². The van der Waals surface area contributed by atoms with Crippen LogP contribution in [0, 0.1) is 0 Å². The third-order valence-corrected chi connectivity index (χ3v) is 5.07. The van der Waals surface area contributed by atoms with Crippen LogP contribution in [0.4, 0.5) is 10.7 Å². The van der Waals surface area contributed by atoms with E-state index in [9.17, 15) is 4.79 Å². The van der Waals surface area contributed by atoms with Crippen LogP contribution >= 0.6 is 0 Å². The fourth-order valence-electron chi connectivity index (χ4n) is 3.71. The molecule has 25 heavy (non-hydrogen) atoms. The molecule has 1 atom stereocenters. The van der Waals surface area contributed by atoms with E-state index in [2.05, 4.69) is 44.5 Å². The van der Waals surface area contributed by atoms with Gasteiger partial charge in [-0.2, -0.15) is 0 Å². The van der Waals surface area contributed by atoms with Crippen LogP contribution in [-0.2, 0) is 6.42 Å². The monoisotopic (exact) mass is 337 g/mol. The molecule has 1 aliphatic heterocycles. The Balaban J connectivity index is 1.36. The van der Waals surface area contributed by atoms with Gasteiger partial charge in [0.25, 0.3) is 0 Å². The van der Waals surface area contributed by atoms with E-state index in [-0.39, 0.29) is 12.1 Å². The molecule has 0 saturated carbocycles. The summed E-state index contributed by atoms with van der Waals surface area (Å²) in [6, 6.07) is 10.4. The summed E-state index contributed by atoms with van der Waals surface area (Å²) in [6.45, 7) is 2.91. The lowest BCUT2D eigenvalue weighted by Gasteiger charge is -2.36. The van der Waals surface area contributed by atoms with E-state index >= 15 is 0 Å². The minimum atomic E-state index is 0.0373. The number of hydrogen-bond acceptors (Lipinski definition) is 4. The van der Waals surface area contributed by atoms with Crippen LogP contribution in [0.15, 0.2) is 42.7 Å². The van der Waals surface area contributed by atoms with Gasteiger partial charge in [-0.15, -0.1) is 0 Å². The van der Waals surface area contributed by atoms with Crippen LogP contribution in [0.25, 0.3) is 0 Å². The number of amides is 2. The second-order valence-corrected chi connectivity index (χ2v) is 6.62. The van der Waals surface area contributed by atoms with Crippen molar-refractivity contribution in [2.45, 2.75) is 25.3 Å². The zero-order valence-corrected chi connectivity index (χ0v) is 14.3. The van der Waals surface area contributed by atoms with Gasteiger partial charge < -0.3 is 15.1 Å². The van der Waals surface area contributed by atoms with Gasteiger partial charge in [0.15, 0.2) is 0 Å². The first kappa shape index (κ1) is 15.9. The second kappa shape index (κ2) is 7.09. The van der Waals surface area contributed by atoms with E-state index in [1.165, 1.54) is 11.1 Å². The summed E-state index contributed by atoms with van der Waals surface area (Å²) in [7, 11) is 0. The molecule has 4 rings (SSSR count). The molecule has 2 aromatic rings. The predicted octanol–water partition coefficient (Wildman–Crippen LogP) is 2.39. The van der Waals surface area contributed by atoms with Crippen LogP contribution < -0.4 is 10.2 Å². The molecule has 1 unspecified atom stereocenters. The van der Waals surface area contributed by atoms with Crippen molar-refractivity contribution in [3.63, 3.8) is 0 Å². The van der Waals surface area contributed by atoms with Crippen molar-refractivity contribution in [2.24, 2.45) is 0 Å². The van der Waals surface area contributed by atoms with Crippen LogP contribution in [0.3, 0.4) is 0 Å². The summed E-state index contributed by atoms with van der Waals surface area (Å²) in [6.07, 6.45) is 6.75. The minimum Gasteiger partial charge on any atom is -0.337 e.